The molecule has 0 saturated heterocycles. The van der Waals surface area contributed by atoms with Crippen molar-refractivity contribution < 1.29 is 8.60 Å². The molecule has 23 heavy (non-hydrogen) atoms. The Kier molecular flexibility index (Phi) is 3.04. The molecule has 0 fully saturated rings. The number of fused-ring (bicyclic) bond motifs is 3. The molecule has 0 N–H and O–H groups in total. The molecule has 1 aliphatic rings. The molecule has 3 aromatic rings. The van der Waals surface area contributed by atoms with Gasteiger partial charge < -0.3 is 0 Å². The van der Waals surface area contributed by atoms with Crippen LogP contribution in [0, 0.1) is 12.7 Å². The van der Waals surface area contributed by atoms with Crippen LogP contribution in [0.25, 0.3) is 5.69 Å². The van der Waals surface area contributed by atoms with Crippen molar-refractivity contribution in [3.8, 4) is 5.69 Å². The summed E-state index contributed by atoms with van der Waals surface area (Å²) in [7, 11) is -3.24. The van der Waals surface area contributed by atoms with Crippen molar-refractivity contribution in [1.82, 2.24) is 14.8 Å². The van der Waals surface area contributed by atoms with Gasteiger partial charge in [-0.15, -0.1) is 5.10 Å². The summed E-state index contributed by atoms with van der Waals surface area (Å²) in [5.41, 5.74) is 0.535. The van der Waals surface area contributed by atoms with Crippen molar-refractivity contribution in [1.29, 1.82) is 0 Å². The fraction of sp³-hybridized carbons (Fsp3) is 0.0667. The maximum absolute atomic E-state index is 14.3. The van der Waals surface area contributed by atoms with Gasteiger partial charge in [0.1, 0.15) is 21.4 Å². The summed E-state index contributed by atoms with van der Waals surface area (Å²) < 4.78 is 33.6. The van der Waals surface area contributed by atoms with Crippen LogP contribution in [-0.2, 0) is 9.73 Å². The topological polar surface area (TPSA) is 60.1 Å². The first-order valence-electron chi connectivity index (χ1n) is 6.74. The highest BCUT2D eigenvalue weighted by Gasteiger charge is 2.30. The van der Waals surface area contributed by atoms with Gasteiger partial charge in [0.15, 0.2) is 0 Å². The quantitative estimate of drug-likeness (QED) is 0.524. The molecule has 1 aliphatic heterocycles. The van der Waals surface area contributed by atoms with E-state index >= 15 is 0 Å². The second-order valence-electron chi connectivity index (χ2n) is 5.03. The van der Waals surface area contributed by atoms with Crippen LogP contribution in [0.5, 0.6) is 0 Å². The molecule has 0 bridgehead atoms. The molecule has 0 radical (unpaired) electrons. The number of halogens is 2. The fourth-order valence-electron chi connectivity index (χ4n) is 2.51. The molecule has 0 amide bonds. The minimum Gasteiger partial charge on any atom is -0.239 e. The molecule has 8 heteroatoms. The van der Waals surface area contributed by atoms with E-state index in [1.165, 1.54) is 28.9 Å². The molecular formula is C15H10ClFN4OS. The molecule has 0 saturated carbocycles. The normalized spacial score (nSPS) is 18.9. The summed E-state index contributed by atoms with van der Waals surface area (Å²) >= 11 is 6.06. The van der Waals surface area contributed by atoms with E-state index < -0.39 is 15.5 Å². The van der Waals surface area contributed by atoms with Crippen molar-refractivity contribution in [2.75, 3.05) is 0 Å². The molecule has 1 atom stereocenters. The van der Waals surface area contributed by atoms with E-state index in [1.807, 2.05) is 0 Å². The van der Waals surface area contributed by atoms with Crippen molar-refractivity contribution in [2.24, 2.45) is 4.36 Å². The van der Waals surface area contributed by atoms with E-state index in [2.05, 4.69) is 14.4 Å². The summed E-state index contributed by atoms with van der Waals surface area (Å²) in [5.74, 6) is 0.0873. The first kappa shape index (κ1) is 14.3. The van der Waals surface area contributed by atoms with E-state index in [1.54, 1.807) is 25.1 Å². The second-order valence-corrected chi connectivity index (χ2v) is 7.58. The molecule has 0 spiro atoms. The van der Waals surface area contributed by atoms with E-state index in [9.17, 15) is 8.60 Å². The minimum absolute atomic E-state index is 0.00965. The third-order valence-electron chi connectivity index (χ3n) is 3.49. The van der Waals surface area contributed by atoms with E-state index in [4.69, 9.17) is 11.6 Å². The summed E-state index contributed by atoms with van der Waals surface area (Å²) in [6, 6.07) is 10.8. The van der Waals surface area contributed by atoms with Crippen molar-refractivity contribution in [2.45, 2.75) is 16.7 Å². The van der Waals surface area contributed by atoms with Gasteiger partial charge in [0, 0.05) is 5.02 Å². The molecular weight excluding hydrogens is 339 g/mol. The third-order valence-corrected chi connectivity index (χ3v) is 5.99. The molecule has 2 aromatic carbocycles. The van der Waals surface area contributed by atoms with Crippen LogP contribution in [0.3, 0.4) is 0 Å². The predicted molar refractivity (Wildman–Crippen MR) is 84.3 cm³/mol. The molecule has 116 valence electrons. The Morgan fingerprint density at radius 2 is 1.96 bits per heavy atom. The van der Waals surface area contributed by atoms with E-state index in [0.717, 1.165) is 0 Å². The second kappa shape index (κ2) is 4.87. The number of nitrogens with zero attached hydrogens (tertiary/aromatic N) is 4. The summed E-state index contributed by atoms with van der Waals surface area (Å²) in [6.07, 6.45) is 0. The largest absolute Gasteiger partial charge is 0.261 e. The Morgan fingerprint density at radius 1 is 1.17 bits per heavy atom. The van der Waals surface area contributed by atoms with Crippen molar-refractivity contribution >= 4 is 27.3 Å². The zero-order chi connectivity index (χ0) is 16.2. The molecule has 0 aliphatic carbocycles. The lowest BCUT2D eigenvalue weighted by molar-refractivity contribution is 0.593. The van der Waals surface area contributed by atoms with E-state index in [0.29, 0.717) is 21.4 Å². The van der Waals surface area contributed by atoms with Gasteiger partial charge in [0.2, 0.25) is 0 Å². The van der Waals surface area contributed by atoms with Crippen LogP contribution < -0.4 is 0 Å². The molecule has 5 nitrogen and oxygen atoms in total. The van der Waals surface area contributed by atoms with Gasteiger partial charge in [-0.25, -0.2) is 8.60 Å². The van der Waals surface area contributed by atoms with Gasteiger partial charge in [0.05, 0.1) is 15.5 Å². The lowest BCUT2D eigenvalue weighted by atomic mass is 10.3. The highest BCUT2D eigenvalue weighted by molar-refractivity contribution is 7.94. The Balaban J connectivity index is 2.16. The maximum atomic E-state index is 14.3. The molecule has 4 rings (SSSR count). The Hall–Kier alpha value is -2.25. The van der Waals surface area contributed by atoms with E-state index in [-0.39, 0.29) is 10.8 Å². The number of rotatable bonds is 1. The highest BCUT2D eigenvalue weighted by Crippen LogP contribution is 2.38. The lowest BCUT2D eigenvalue weighted by Crippen LogP contribution is -2.14. The number of hydrogen-bond donors (Lipinski definition) is 0. The number of aromatic nitrogens is 3. The van der Waals surface area contributed by atoms with Crippen LogP contribution in [0.4, 0.5) is 10.3 Å². The van der Waals surface area contributed by atoms with Gasteiger partial charge in [-0.1, -0.05) is 23.7 Å². The minimum atomic E-state index is -3.24. The average molecular weight is 349 g/mol. The summed E-state index contributed by atoms with van der Waals surface area (Å²) in [5, 5.41) is 4.65. The molecule has 1 aromatic heterocycles. The number of hydrogen-bond acceptors (Lipinski definition) is 4. The SMILES string of the molecule is Cc1nc2n(n1)-c1ccc(Cl)cc1S(=O)(c1ccccc1F)=N2. The number of aryl methyl sites for hydroxylation is 1. The van der Waals surface area contributed by atoms with Gasteiger partial charge in [0.25, 0.3) is 5.95 Å². The van der Waals surface area contributed by atoms with Gasteiger partial charge in [-0.3, -0.25) is 0 Å². The average Bonchev–Trinajstić information content (AvgIpc) is 2.88. The van der Waals surface area contributed by atoms with Crippen LogP contribution >= 0.6 is 11.6 Å². The Labute approximate surface area is 136 Å². The van der Waals surface area contributed by atoms with Crippen LogP contribution in [0.2, 0.25) is 5.02 Å². The fourth-order valence-corrected chi connectivity index (χ4v) is 4.85. The van der Waals surface area contributed by atoms with Gasteiger partial charge in [-0.05, 0) is 37.3 Å². The van der Waals surface area contributed by atoms with Gasteiger partial charge >= 0.3 is 0 Å². The molecule has 2 heterocycles. The van der Waals surface area contributed by atoms with Crippen molar-refractivity contribution in [3.05, 3.63) is 59.1 Å². The maximum Gasteiger partial charge on any atom is 0.261 e. The van der Waals surface area contributed by atoms with Crippen molar-refractivity contribution in [3.63, 3.8) is 0 Å². The van der Waals surface area contributed by atoms with Crippen LogP contribution in [-0.4, -0.2) is 19.0 Å². The smallest absolute Gasteiger partial charge is 0.239 e. The first-order valence-corrected chi connectivity index (χ1v) is 8.64. The van der Waals surface area contributed by atoms with Crippen LogP contribution in [0.15, 0.2) is 56.6 Å². The Morgan fingerprint density at radius 3 is 2.74 bits per heavy atom. The Bertz CT molecular complexity index is 1070. The predicted octanol–water partition coefficient (Wildman–Crippen LogP) is 3.90. The zero-order valence-corrected chi connectivity index (χ0v) is 13.5. The first-order chi connectivity index (χ1) is 11.0. The summed E-state index contributed by atoms with van der Waals surface area (Å²) in [4.78, 5) is 4.51. The third kappa shape index (κ3) is 2.08. The summed E-state index contributed by atoms with van der Waals surface area (Å²) in [6.45, 7) is 1.71. The number of benzene rings is 2. The standard InChI is InChI=1S/C15H10ClFN4OS/c1-9-18-15-20-23(22,13-5-3-2-4-11(13)17)14-8-10(16)6-7-12(14)21(15)19-9/h2-8H,1H3. The molecule has 1 unspecified atom stereocenters. The van der Waals surface area contributed by atoms with Gasteiger partial charge in [-0.2, -0.15) is 14.0 Å². The monoisotopic (exact) mass is 348 g/mol. The zero-order valence-electron chi connectivity index (χ0n) is 11.9. The van der Waals surface area contributed by atoms with Crippen LogP contribution in [0.1, 0.15) is 5.82 Å². The highest BCUT2D eigenvalue weighted by atomic mass is 35.5. The lowest BCUT2D eigenvalue weighted by Gasteiger charge is -2.19.